The van der Waals surface area contributed by atoms with Crippen LogP contribution in [0.3, 0.4) is 0 Å². The molecule has 22 heavy (non-hydrogen) atoms. The fourth-order valence-electron chi connectivity index (χ4n) is 2.21. The summed E-state index contributed by atoms with van der Waals surface area (Å²) in [5.74, 6) is 1.00. The van der Waals surface area contributed by atoms with Gasteiger partial charge in [0.05, 0.1) is 20.1 Å². The van der Waals surface area contributed by atoms with Gasteiger partial charge in [-0.3, -0.25) is 4.79 Å². The maximum absolute atomic E-state index is 11.3. The minimum absolute atomic E-state index is 0.141. The Morgan fingerprint density at radius 1 is 1.27 bits per heavy atom. The quantitative estimate of drug-likeness (QED) is 0.643. The molecule has 1 aliphatic rings. The zero-order valence-corrected chi connectivity index (χ0v) is 12.7. The van der Waals surface area contributed by atoms with Crippen LogP contribution in [-0.4, -0.2) is 20.6 Å². The molecule has 0 aliphatic carbocycles. The molecule has 111 valence electrons. The van der Waals surface area contributed by atoms with Gasteiger partial charge in [0.15, 0.2) is 0 Å². The Hall–Kier alpha value is -1.98. The Balaban J connectivity index is 1.75. The molecule has 1 aliphatic heterocycles. The Morgan fingerprint density at radius 3 is 2.82 bits per heavy atom. The highest BCUT2D eigenvalue weighted by molar-refractivity contribution is 6.48. The monoisotopic (exact) mass is 315 g/mol. The first-order valence-corrected chi connectivity index (χ1v) is 7.14. The van der Waals surface area contributed by atoms with Crippen molar-refractivity contribution in [3.63, 3.8) is 0 Å². The summed E-state index contributed by atoms with van der Waals surface area (Å²) >= 11 is 6.18. The average Bonchev–Trinajstić information content (AvgIpc) is 2.97. The molecule has 0 bridgehead atoms. The number of fused-ring (bicyclic) bond motifs is 1. The normalized spacial score (nSPS) is 12.5. The molecule has 0 fully saturated rings. The van der Waals surface area contributed by atoms with Crippen LogP contribution in [-0.2, 0) is 27.2 Å². The third kappa shape index (κ3) is 3.26. The molecule has 1 radical (unpaired) electrons. The van der Waals surface area contributed by atoms with Gasteiger partial charge in [0.25, 0.3) is 0 Å². The van der Waals surface area contributed by atoms with Gasteiger partial charge in [0, 0.05) is 5.02 Å². The number of halogens is 1. The minimum atomic E-state index is -0.328. The highest BCUT2D eigenvalue weighted by Gasteiger charge is 2.14. The molecule has 0 saturated carbocycles. The van der Waals surface area contributed by atoms with E-state index in [1.165, 1.54) is 7.11 Å². The predicted molar refractivity (Wildman–Crippen MR) is 83.9 cm³/mol. The van der Waals surface area contributed by atoms with Crippen molar-refractivity contribution >= 4 is 30.5 Å². The molecule has 3 rings (SSSR count). The third-order valence-corrected chi connectivity index (χ3v) is 3.74. The fourth-order valence-corrected chi connectivity index (χ4v) is 2.44. The molecule has 0 amide bonds. The Bertz CT molecular complexity index is 717. The van der Waals surface area contributed by atoms with E-state index in [-0.39, 0.29) is 12.4 Å². The van der Waals surface area contributed by atoms with E-state index < -0.39 is 0 Å². The van der Waals surface area contributed by atoms with E-state index in [0.717, 1.165) is 16.8 Å². The summed E-state index contributed by atoms with van der Waals surface area (Å²) in [6.07, 6.45) is 0.141. The number of carbonyl (C=O) groups is 1. The fraction of sp³-hybridized carbons (Fsp3) is 0.188. The molecule has 1 heterocycles. The zero-order chi connectivity index (χ0) is 15.5. The minimum Gasteiger partial charge on any atom is -0.469 e. The van der Waals surface area contributed by atoms with Gasteiger partial charge >= 0.3 is 13.5 Å². The molecule has 0 atom stereocenters. The van der Waals surface area contributed by atoms with E-state index in [4.69, 9.17) is 21.0 Å². The second-order valence-corrected chi connectivity index (χ2v) is 5.30. The second kappa shape index (κ2) is 6.42. The Kier molecular flexibility index (Phi) is 4.36. The van der Waals surface area contributed by atoms with Gasteiger partial charge in [-0.1, -0.05) is 23.7 Å². The number of carbonyl (C=O) groups excluding carboxylic acids is 1. The van der Waals surface area contributed by atoms with Crippen LogP contribution in [0, 0.1) is 0 Å². The molecule has 6 heteroatoms. The molecule has 0 saturated heterocycles. The maximum atomic E-state index is 11.3. The molecule has 0 N–H and O–H groups in total. The van der Waals surface area contributed by atoms with Gasteiger partial charge in [-0.05, 0) is 40.9 Å². The molecular formula is C16H13BClO4. The van der Waals surface area contributed by atoms with Crippen molar-refractivity contribution in [3.05, 3.63) is 52.5 Å². The summed E-state index contributed by atoms with van der Waals surface area (Å²) in [6, 6.07) is 11.0. The number of hydrogen-bond donors (Lipinski definition) is 0. The predicted octanol–water partition coefficient (Wildman–Crippen LogP) is 2.62. The number of esters is 1. The van der Waals surface area contributed by atoms with Crippen LogP contribution in [0.5, 0.6) is 11.5 Å². The van der Waals surface area contributed by atoms with E-state index in [0.29, 0.717) is 22.9 Å². The molecule has 0 spiro atoms. The third-order valence-electron chi connectivity index (χ3n) is 3.39. The van der Waals surface area contributed by atoms with Crippen molar-refractivity contribution in [1.29, 1.82) is 0 Å². The van der Waals surface area contributed by atoms with Gasteiger partial charge in [-0.2, -0.15) is 0 Å². The zero-order valence-electron chi connectivity index (χ0n) is 12.0. The second-order valence-electron chi connectivity index (χ2n) is 4.90. The van der Waals surface area contributed by atoms with Crippen LogP contribution in [0.25, 0.3) is 0 Å². The van der Waals surface area contributed by atoms with Crippen LogP contribution in [0.4, 0.5) is 0 Å². The Morgan fingerprint density at radius 2 is 2.05 bits per heavy atom. The molecule has 2 aromatic rings. The number of ether oxygens (including phenoxy) is 2. The average molecular weight is 316 g/mol. The van der Waals surface area contributed by atoms with E-state index in [2.05, 4.69) is 4.74 Å². The van der Waals surface area contributed by atoms with Crippen LogP contribution in [0.2, 0.25) is 5.02 Å². The largest absolute Gasteiger partial charge is 0.469 e. The first-order chi connectivity index (χ1) is 10.7. The van der Waals surface area contributed by atoms with E-state index >= 15 is 0 Å². The number of rotatable bonds is 4. The highest BCUT2D eigenvalue weighted by atomic mass is 35.5. The van der Waals surface area contributed by atoms with Gasteiger partial charge < -0.3 is 14.1 Å². The molecular weight excluding hydrogens is 302 g/mol. The van der Waals surface area contributed by atoms with Gasteiger partial charge in [-0.25, -0.2) is 0 Å². The topological polar surface area (TPSA) is 44.8 Å². The first kappa shape index (κ1) is 14.9. The smallest absolute Gasteiger partial charge is 0.330 e. The van der Waals surface area contributed by atoms with Gasteiger partial charge in [-0.15, -0.1) is 0 Å². The van der Waals surface area contributed by atoms with Crippen molar-refractivity contribution in [2.75, 3.05) is 7.11 Å². The van der Waals surface area contributed by atoms with E-state index in [1.54, 1.807) is 25.7 Å². The highest BCUT2D eigenvalue weighted by Crippen LogP contribution is 2.28. The lowest BCUT2D eigenvalue weighted by atomic mass is 9.87. The lowest BCUT2D eigenvalue weighted by Crippen LogP contribution is -2.10. The summed E-state index contributed by atoms with van der Waals surface area (Å²) in [5.41, 5.74) is 2.86. The lowest BCUT2D eigenvalue weighted by Gasteiger charge is -2.09. The molecule has 2 aromatic carbocycles. The van der Waals surface area contributed by atoms with Crippen LogP contribution < -0.4 is 10.2 Å². The van der Waals surface area contributed by atoms with Crippen molar-refractivity contribution in [3.8, 4) is 11.5 Å². The van der Waals surface area contributed by atoms with E-state index in [1.807, 2.05) is 18.2 Å². The molecule has 0 aromatic heterocycles. The maximum Gasteiger partial charge on any atom is 0.330 e. The van der Waals surface area contributed by atoms with Gasteiger partial charge in [0.1, 0.15) is 11.5 Å². The van der Waals surface area contributed by atoms with E-state index in [9.17, 15) is 4.79 Å². The summed E-state index contributed by atoms with van der Waals surface area (Å²) in [4.78, 5) is 11.3. The van der Waals surface area contributed by atoms with Crippen LogP contribution >= 0.6 is 11.6 Å². The number of benzene rings is 2. The standard InChI is InChI=1S/C16H13BClO4/c1-20-16(19)7-10-2-3-13(8-15(10)18)22-12-4-5-14-11(6-12)9-21-17-14/h2-6,8H,7,9H2,1H3. The van der Waals surface area contributed by atoms with Crippen molar-refractivity contribution in [2.24, 2.45) is 0 Å². The Labute approximate surface area is 134 Å². The van der Waals surface area contributed by atoms with Crippen LogP contribution in [0.1, 0.15) is 11.1 Å². The van der Waals surface area contributed by atoms with Crippen molar-refractivity contribution in [2.45, 2.75) is 13.0 Å². The molecule has 4 nitrogen and oxygen atoms in total. The van der Waals surface area contributed by atoms with Crippen molar-refractivity contribution in [1.82, 2.24) is 0 Å². The van der Waals surface area contributed by atoms with Gasteiger partial charge in [0.2, 0.25) is 0 Å². The summed E-state index contributed by atoms with van der Waals surface area (Å²) in [5, 5.41) is 0.473. The molecule has 0 unspecified atom stereocenters. The summed E-state index contributed by atoms with van der Waals surface area (Å²) in [7, 11) is 3.08. The number of methoxy groups -OCH3 is 1. The number of hydrogen-bond acceptors (Lipinski definition) is 4. The summed E-state index contributed by atoms with van der Waals surface area (Å²) in [6.45, 7) is 0.561. The van der Waals surface area contributed by atoms with Crippen molar-refractivity contribution < 1.29 is 18.9 Å². The lowest BCUT2D eigenvalue weighted by molar-refractivity contribution is -0.139. The summed E-state index contributed by atoms with van der Waals surface area (Å²) < 4.78 is 15.7. The van der Waals surface area contributed by atoms with Crippen LogP contribution in [0.15, 0.2) is 36.4 Å². The SMILES string of the molecule is COC(=O)Cc1ccc(Oc2ccc3c(c2)CO[B]3)cc1Cl. The first-order valence-electron chi connectivity index (χ1n) is 6.76.